The normalized spacial score (nSPS) is 24.6. The van der Waals surface area contributed by atoms with Crippen molar-refractivity contribution in [3.05, 3.63) is 0 Å². The average Bonchev–Trinajstić information content (AvgIpc) is 2.58. The second-order valence-electron chi connectivity index (χ2n) is 10.2. The number of amides is 2. The molecule has 2 rings (SSSR count). The summed E-state index contributed by atoms with van der Waals surface area (Å²) in [6.07, 6.45) is 4.69. The number of hydrogen-bond donors (Lipinski definition) is 4. The van der Waals surface area contributed by atoms with Crippen molar-refractivity contribution in [2.75, 3.05) is 6.54 Å². The summed E-state index contributed by atoms with van der Waals surface area (Å²) in [5.41, 5.74) is 4.82. The Morgan fingerprint density at radius 1 is 0.774 bits per heavy atom. The van der Waals surface area contributed by atoms with Crippen LogP contribution in [0, 0.1) is 0 Å². The van der Waals surface area contributed by atoms with E-state index in [2.05, 4.69) is 36.7 Å². The summed E-state index contributed by atoms with van der Waals surface area (Å²) in [7, 11) is 0. The Morgan fingerprint density at radius 3 is 1.42 bits per heavy atom. The van der Waals surface area contributed by atoms with E-state index in [0.717, 1.165) is 32.2 Å². The van der Waals surface area contributed by atoms with Crippen molar-refractivity contribution < 1.29 is 19.1 Å². The number of nitrogens with one attached hydrogen (secondary N) is 3. The first-order chi connectivity index (χ1) is 14.2. The molecule has 0 bridgehead atoms. The lowest BCUT2D eigenvalue weighted by molar-refractivity contribution is 0.0450. The van der Waals surface area contributed by atoms with Crippen LogP contribution in [0.4, 0.5) is 9.59 Å². The Balaban J connectivity index is 0.000000519. The van der Waals surface area contributed by atoms with Gasteiger partial charge in [0.25, 0.3) is 0 Å². The van der Waals surface area contributed by atoms with Crippen molar-refractivity contribution in [1.82, 2.24) is 16.0 Å². The molecule has 2 saturated carbocycles. The van der Waals surface area contributed by atoms with Crippen molar-refractivity contribution in [3.8, 4) is 0 Å². The Bertz CT molecular complexity index is 529. The third-order valence-corrected chi connectivity index (χ3v) is 4.47. The highest BCUT2D eigenvalue weighted by Gasteiger charge is 2.32. The second kappa shape index (κ2) is 13.8. The molecule has 2 aliphatic carbocycles. The number of rotatable bonds is 4. The van der Waals surface area contributed by atoms with Gasteiger partial charge in [-0.15, -0.1) is 0 Å². The third-order valence-electron chi connectivity index (χ3n) is 4.47. The zero-order valence-electron chi connectivity index (χ0n) is 21.3. The number of likely N-dealkylation sites (N-methyl/N-ethyl adjacent to an activating group) is 1. The standard InChI is InChI=1S/C11H22N2O2.C9H18N2O2.C3H8/c1-5-12-8-6-7-9(8)13-10(14)15-11(2,3)4;1-9(2,3)13-8(12)11-7-5-4-6(7)10;1-3-2/h8-9,12H,5-7H2,1-4H3,(H,13,14);6-7H,4-5,10H2,1-3H3,(H,11,12);3H2,1-2H3/t8-,9-;6-,7-;/m00./s1. The van der Waals surface area contributed by atoms with E-state index in [1.54, 1.807) is 0 Å². The van der Waals surface area contributed by atoms with Crippen molar-refractivity contribution in [1.29, 1.82) is 0 Å². The Morgan fingerprint density at radius 2 is 1.16 bits per heavy atom. The highest BCUT2D eigenvalue weighted by Crippen LogP contribution is 2.20. The average molecular weight is 445 g/mol. The first kappa shape index (κ1) is 29.5. The van der Waals surface area contributed by atoms with E-state index in [-0.39, 0.29) is 30.3 Å². The number of carbonyl (C=O) groups is 2. The van der Waals surface area contributed by atoms with Gasteiger partial charge >= 0.3 is 12.2 Å². The molecule has 0 unspecified atom stereocenters. The predicted molar refractivity (Wildman–Crippen MR) is 126 cm³/mol. The third kappa shape index (κ3) is 14.2. The maximum absolute atomic E-state index is 11.5. The molecule has 5 N–H and O–H groups in total. The van der Waals surface area contributed by atoms with Crippen LogP contribution in [0.3, 0.4) is 0 Å². The maximum Gasteiger partial charge on any atom is 0.407 e. The molecule has 0 saturated heterocycles. The summed E-state index contributed by atoms with van der Waals surface area (Å²) >= 11 is 0. The fraction of sp³-hybridized carbons (Fsp3) is 0.913. The topological polar surface area (TPSA) is 115 Å². The van der Waals surface area contributed by atoms with Gasteiger partial charge in [-0.05, 0) is 73.8 Å². The first-order valence-corrected chi connectivity index (χ1v) is 11.7. The van der Waals surface area contributed by atoms with Crippen LogP contribution in [-0.2, 0) is 9.47 Å². The van der Waals surface area contributed by atoms with Crippen LogP contribution >= 0.6 is 0 Å². The van der Waals surface area contributed by atoms with Crippen molar-refractivity contribution in [2.45, 2.75) is 130 Å². The number of alkyl carbamates (subject to hydrolysis) is 2. The van der Waals surface area contributed by atoms with Crippen LogP contribution in [0.2, 0.25) is 0 Å². The van der Waals surface area contributed by atoms with Gasteiger partial charge in [0.05, 0.1) is 0 Å². The zero-order chi connectivity index (χ0) is 24.2. The van der Waals surface area contributed by atoms with Gasteiger partial charge in [-0.25, -0.2) is 9.59 Å². The number of nitrogens with two attached hydrogens (primary N) is 1. The smallest absolute Gasteiger partial charge is 0.407 e. The predicted octanol–water partition coefficient (Wildman–Crippen LogP) is 4.07. The van der Waals surface area contributed by atoms with Crippen LogP contribution < -0.4 is 21.7 Å². The molecule has 8 heteroatoms. The Kier molecular flexibility index (Phi) is 13.1. The summed E-state index contributed by atoms with van der Waals surface area (Å²) in [4.78, 5) is 22.7. The van der Waals surface area contributed by atoms with E-state index in [9.17, 15) is 9.59 Å². The maximum atomic E-state index is 11.5. The van der Waals surface area contributed by atoms with Crippen molar-refractivity contribution >= 4 is 12.2 Å². The molecule has 2 aliphatic rings. The van der Waals surface area contributed by atoms with Crippen LogP contribution in [0.1, 0.15) is 94.4 Å². The first-order valence-electron chi connectivity index (χ1n) is 11.7. The van der Waals surface area contributed by atoms with Crippen molar-refractivity contribution in [3.63, 3.8) is 0 Å². The SMILES string of the molecule is CC(C)(C)OC(=O)N[C@H]1CC[C@@H]1N.CCC.CCN[C@H]1CC[C@@H]1NC(=O)OC(C)(C)C. The largest absolute Gasteiger partial charge is 0.444 e. The van der Waals surface area contributed by atoms with Gasteiger partial charge in [-0.1, -0.05) is 27.2 Å². The molecule has 0 aliphatic heterocycles. The molecule has 2 amide bonds. The minimum Gasteiger partial charge on any atom is -0.444 e. The highest BCUT2D eigenvalue weighted by atomic mass is 16.6. The van der Waals surface area contributed by atoms with E-state index in [4.69, 9.17) is 15.2 Å². The molecule has 0 heterocycles. The fourth-order valence-corrected chi connectivity index (χ4v) is 2.80. The molecule has 4 atom stereocenters. The lowest BCUT2D eigenvalue weighted by Gasteiger charge is -2.37. The molecule has 31 heavy (non-hydrogen) atoms. The van der Waals surface area contributed by atoms with Gasteiger partial charge < -0.3 is 31.2 Å². The molecule has 2 fully saturated rings. The van der Waals surface area contributed by atoms with Crippen LogP contribution in [0.15, 0.2) is 0 Å². The molecular formula is C23H48N4O4. The number of hydrogen-bond acceptors (Lipinski definition) is 6. The van der Waals surface area contributed by atoms with E-state index in [0.29, 0.717) is 6.04 Å². The van der Waals surface area contributed by atoms with Crippen LogP contribution in [0.5, 0.6) is 0 Å². The lowest BCUT2D eigenvalue weighted by atomic mass is 9.86. The monoisotopic (exact) mass is 444 g/mol. The zero-order valence-corrected chi connectivity index (χ0v) is 21.3. The summed E-state index contributed by atoms with van der Waals surface area (Å²) in [5, 5.41) is 8.95. The summed E-state index contributed by atoms with van der Waals surface area (Å²) in [6, 6.07) is 0.865. The van der Waals surface area contributed by atoms with Crippen molar-refractivity contribution in [2.24, 2.45) is 5.73 Å². The van der Waals surface area contributed by atoms with Gasteiger partial charge in [0, 0.05) is 24.2 Å². The molecule has 184 valence electrons. The second-order valence-corrected chi connectivity index (χ2v) is 10.2. The number of carbonyl (C=O) groups excluding carboxylic acids is 2. The molecule has 0 aromatic heterocycles. The molecule has 0 aromatic carbocycles. The van der Waals surface area contributed by atoms with Gasteiger partial charge in [0.15, 0.2) is 0 Å². The Hall–Kier alpha value is -1.54. The molecule has 8 nitrogen and oxygen atoms in total. The fourth-order valence-electron chi connectivity index (χ4n) is 2.80. The van der Waals surface area contributed by atoms with E-state index in [1.165, 1.54) is 6.42 Å². The van der Waals surface area contributed by atoms with Gasteiger partial charge in [0.1, 0.15) is 11.2 Å². The van der Waals surface area contributed by atoms with E-state index < -0.39 is 11.2 Å². The minimum absolute atomic E-state index is 0.104. The molecule has 0 aromatic rings. The van der Waals surface area contributed by atoms with Crippen LogP contribution in [0.25, 0.3) is 0 Å². The minimum atomic E-state index is -0.433. The molecule has 0 spiro atoms. The van der Waals surface area contributed by atoms with E-state index in [1.807, 2.05) is 41.5 Å². The Labute approximate surface area is 189 Å². The summed E-state index contributed by atoms with van der Waals surface area (Å²) in [6.45, 7) is 18.4. The quantitative estimate of drug-likeness (QED) is 0.520. The van der Waals surface area contributed by atoms with E-state index >= 15 is 0 Å². The number of ether oxygens (including phenoxy) is 2. The summed E-state index contributed by atoms with van der Waals surface area (Å²) in [5.74, 6) is 0. The summed E-state index contributed by atoms with van der Waals surface area (Å²) < 4.78 is 10.3. The van der Waals surface area contributed by atoms with Gasteiger partial charge in [-0.2, -0.15) is 0 Å². The van der Waals surface area contributed by atoms with Crippen LogP contribution in [-0.4, -0.2) is 54.1 Å². The van der Waals surface area contributed by atoms with Gasteiger partial charge in [-0.3, -0.25) is 0 Å². The highest BCUT2D eigenvalue weighted by molar-refractivity contribution is 5.68. The molecule has 0 radical (unpaired) electrons. The molecular weight excluding hydrogens is 396 g/mol. The lowest BCUT2D eigenvalue weighted by Crippen LogP contribution is -2.57. The van der Waals surface area contributed by atoms with Gasteiger partial charge in [0.2, 0.25) is 0 Å².